The number of rotatable bonds is 1. The highest BCUT2D eigenvalue weighted by molar-refractivity contribution is 5.85. The second-order valence-electron chi connectivity index (χ2n) is 3.52. The van der Waals surface area contributed by atoms with Crippen LogP contribution in [0.1, 0.15) is 19.8 Å². The van der Waals surface area contributed by atoms with E-state index in [0.717, 1.165) is 12.1 Å². The first-order chi connectivity index (χ1) is 4.88. The number of halogens is 2. The largest absolute Gasteiger partial charge is 0.314 e. The van der Waals surface area contributed by atoms with Gasteiger partial charge in [0.15, 0.2) is 0 Å². The van der Waals surface area contributed by atoms with Crippen LogP contribution in [0.3, 0.4) is 0 Å². The highest BCUT2D eigenvalue weighted by Gasteiger charge is 2.32. The zero-order valence-corrected chi connectivity index (χ0v) is 9.09. The number of hydrogen-bond donors (Lipinski definition) is 1. The van der Waals surface area contributed by atoms with Crippen LogP contribution >= 0.6 is 24.8 Å². The van der Waals surface area contributed by atoms with Crippen LogP contribution in [-0.2, 0) is 0 Å². The molecule has 0 radical (unpaired) electrons. The lowest BCUT2D eigenvalue weighted by atomic mass is 10.2. The third-order valence-electron chi connectivity index (χ3n) is 2.57. The van der Waals surface area contributed by atoms with Crippen LogP contribution in [0.25, 0.3) is 0 Å². The molecule has 12 heavy (non-hydrogen) atoms. The van der Waals surface area contributed by atoms with Gasteiger partial charge in [0.25, 0.3) is 0 Å². The van der Waals surface area contributed by atoms with Gasteiger partial charge in [-0.15, -0.1) is 24.8 Å². The molecule has 74 valence electrons. The Labute approximate surface area is 86.9 Å². The lowest BCUT2D eigenvalue weighted by molar-refractivity contribution is 0.164. The smallest absolute Gasteiger partial charge is 0.0195 e. The average molecular weight is 213 g/mol. The Morgan fingerprint density at radius 3 is 2.42 bits per heavy atom. The summed E-state index contributed by atoms with van der Waals surface area (Å²) in [7, 11) is 0. The normalized spacial score (nSPS) is 30.2. The highest BCUT2D eigenvalue weighted by atomic mass is 35.5. The molecule has 0 amide bonds. The first kappa shape index (κ1) is 12.5. The molecule has 1 unspecified atom stereocenters. The molecule has 1 aliphatic carbocycles. The Kier molecular flexibility index (Phi) is 5.50. The molecule has 0 bridgehead atoms. The van der Waals surface area contributed by atoms with Crippen molar-refractivity contribution in [3.8, 4) is 0 Å². The van der Waals surface area contributed by atoms with Crippen LogP contribution < -0.4 is 5.32 Å². The summed E-state index contributed by atoms with van der Waals surface area (Å²) in [5, 5.41) is 3.41. The average Bonchev–Trinajstić information content (AvgIpc) is 2.71. The number of hydrogen-bond acceptors (Lipinski definition) is 2. The molecule has 2 nitrogen and oxygen atoms in total. The van der Waals surface area contributed by atoms with Gasteiger partial charge in [-0.2, -0.15) is 0 Å². The van der Waals surface area contributed by atoms with Crippen LogP contribution in [0.15, 0.2) is 0 Å². The summed E-state index contributed by atoms with van der Waals surface area (Å²) in [6.45, 7) is 5.98. The molecule has 2 fully saturated rings. The zero-order chi connectivity index (χ0) is 6.97. The van der Waals surface area contributed by atoms with Crippen molar-refractivity contribution >= 4 is 24.8 Å². The lowest BCUT2D eigenvalue weighted by Gasteiger charge is -2.33. The molecule has 0 aromatic carbocycles. The molecule has 1 aliphatic heterocycles. The summed E-state index contributed by atoms with van der Waals surface area (Å²) in [5.41, 5.74) is 0. The molecular weight excluding hydrogens is 195 g/mol. The van der Waals surface area contributed by atoms with Gasteiger partial charge in [0.05, 0.1) is 0 Å². The van der Waals surface area contributed by atoms with E-state index in [2.05, 4.69) is 17.1 Å². The summed E-state index contributed by atoms with van der Waals surface area (Å²) in [6, 6.07) is 1.73. The van der Waals surface area contributed by atoms with Gasteiger partial charge in [-0.1, -0.05) is 0 Å². The summed E-state index contributed by atoms with van der Waals surface area (Å²) >= 11 is 0. The predicted molar refractivity (Wildman–Crippen MR) is 56.6 cm³/mol. The topological polar surface area (TPSA) is 15.3 Å². The Balaban J connectivity index is 0.000000605. The zero-order valence-electron chi connectivity index (χ0n) is 7.45. The lowest BCUT2D eigenvalue weighted by Crippen LogP contribution is -2.50. The van der Waals surface area contributed by atoms with E-state index in [1.807, 2.05) is 0 Å². The molecule has 1 saturated carbocycles. The van der Waals surface area contributed by atoms with Gasteiger partial charge in [-0.25, -0.2) is 0 Å². The Morgan fingerprint density at radius 2 is 1.92 bits per heavy atom. The maximum atomic E-state index is 3.41. The number of piperazine rings is 1. The van der Waals surface area contributed by atoms with Gasteiger partial charge in [0, 0.05) is 31.7 Å². The van der Waals surface area contributed by atoms with Crippen LogP contribution in [0.5, 0.6) is 0 Å². The SMILES string of the molecule is CC1CNCCN1C1CC1.Cl.Cl. The van der Waals surface area contributed by atoms with Gasteiger partial charge in [-0.3, -0.25) is 4.90 Å². The summed E-state index contributed by atoms with van der Waals surface area (Å²) in [4.78, 5) is 2.65. The van der Waals surface area contributed by atoms with E-state index in [-0.39, 0.29) is 24.8 Å². The molecular formula is C8H18Cl2N2. The third kappa shape index (κ3) is 2.77. The molecule has 2 aliphatic rings. The molecule has 1 N–H and O–H groups in total. The van der Waals surface area contributed by atoms with Crippen LogP contribution in [-0.4, -0.2) is 36.6 Å². The maximum absolute atomic E-state index is 3.41. The minimum Gasteiger partial charge on any atom is -0.314 e. The van der Waals surface area contributed by atoms with E-state index in [0.29, 0.717) is 0 Å². The molecule has 0 aromatic rings. The Hall–Kier alpha value is 0.500. The van der Waals surface area contributed by atoms with Crippen LogP contribution in [0.4, 0.5) is 0 Å². The van der Waals surface area contributed by atoms with Gasteiger partial charge in [0.2, 0.25) is 0 Å². The predicted octanol–water partition coefficient (Wildman–Crippen LogP) is 1.29. The fraction of sp³-hybridized carbons (Fsp3) is 1.00. The van der Waals surface area contributed by atoms with Gasteiger partial charge in [0.1, 0.15) is 0 Å². The van der Waals surface area contributed by atoms with E-state index < -0.39 is 0 Å². The summed E-state index contributed by atoms with van der Waals surface area (Å²) in [6.07, 6.45) is 2.90. The molecule has 0 spiro atoms. The van der Waals surface area contributed by atoms with Crippen molar-refractivity contribution in [2.75, 3.05) is 19.6 Å². The van der Waals surface area contributed by atoms with Gasteiger partial charge >= 0.3 is 0 Å². The molecule has 1 saturated heterocycles. The molecule has 4 heteroatoms. The minimum atomic E-state index is 0. The van der Waals surface area contributed by atoms with E-state index in [1.54, 1.807) is 0 Å². The summed E-state index contributed by atoms with van der Waals surface area (Å²) in [5.74, 6) is 0. The van der Waals surface area contributed by atoms with Crippen molar-refractivity contribution < 1.29 is 0 Å². The standard InChI is InChI=1S/C8H16N2.2ClH/c1-7-6-9-4-5-10(7)8-2-3-8;;/h7-9H,2-6H2,1H3;2*1H. The van der Waals surface area contributed by atoms with Gasteiger partial charge in [-0.05, 0) is 19.8 Å². The molecule has 1 heterocycles. The quantitative estimate of drug-likeness (QED) is 0.706. The first-order valence-corrected chi connectivity index (χ1v) is 4.34. The number of nitrogens with zero attached hydrogens (tertiary/aromatic N) is 1. The first-order valence-electron chi connectivity index (χ1n) is 4.34. The van der Waals surface area contributed by atoms with E-state index >= 15 is 0 Å². The van der Waals surface area contributed by atoms with Crippen molar-refractivity contribution in [2.45, 2.75) is 31.8 Å². The van der Waals surface area contributed by atoms with Crippen LogP contribution in [0, 0.1) is 0 Å². The Morgan fingerprint density at radius 1 is 1.25 bits per heavy atom. The second-order valence-corrected chi connectivity index (χ2v) is 3.52. The molecule has 2 rings (SSSR count). The molecule has 1 atom stereocenters. The highest BCUT2D eigenvalue weighted by Crippen LogP contribution is 2.28. The molecule has 0 aromatic heterocycles. The van der Waals surface area contributed by atoms with E-state index in [1.165, 1.54) is 32.5 Å². The Bertz CT molecular complexity index is 128. The van der Waals surface area contributed by atoms with Crippen LogP contribution in [0.2, 0.25) is 0 Å². The second kappa shape index (κ2) is 5.28. The monoisotopic (exact) mass is 212 g/mol. The van der Waals surface area contributed by atoms with Crippen molar-refractivity contribution in [1.29, 1.82) is 0 Å². The number of nitrogens with one attached hydrogen (secondary N) is 1. The van der Waals surface area contributed by atoms with Crippen molar-refractivity contribution in [2.24, 2.45) is 0 Å². The fourth-order valence-electron chi connectivity index (χ4n) is 1.81. The fourth-order valence-corrected chi connectivity index (χ4v) is 1.81. The van der Waals surface area contributed by atoms with Gasteiger partial charge < -0.3 is 5.32 Å². The summed E-state index contributed by atoms with van der Waals surface area (Å²) < 4.78 is 0. The van der Waals surface area contributed by atoms with Crippen molar-refractivity contribution in [3.05, 3.63) is 0 Å². The maximum Gasteiger partial charge on any atom is 0.0195 e. The van der Waals surface area contributed by atoms with Crippen molar-refractivity contribution in [1.82, 2.24) is 10.2 Å². The van der Waals surface area contributed by atoms with Crippen molar-refractivity contribution in [3.63, 3.8) is 0 Å². The minimum absolute atomic E-state index is 0. The van der Waals surface area contributed by atoms with E-state index in [4.69, 9.17) is 0 Å². The third-order valence-corrected chi connectivity index (χ3v) is 2.57. The van der Waals surface area contributed by atoms with E-state index in [9.17, 15) is 0 Å².